The molecule has 0 saturated carbocycles. The third-order valence-corrected chi connectivity index (χ3v) is 4.08. The molecule has 0 rings (SSSR count). The lowest BCUT2D eigenvalue weighted by Gasteiger charge is -2.34. The van der Waals surface area contributed by atoms with Crippen LogP contribution < -0.4 is 24.0 Å². The predicted molar refractivity (Wildman–Crippen MR) is 84.0 cm³/mol. The molecule has 0 aliphatic carbocycles. The van der Waals surface area contributed by atoms with Gasteiger partial charge in [-0.05, 0) is 25.7 Å². The Balaban J connectivity index is 0. The summed E-state index contributed by atoms with van der Waals surface area (Å²) in [7, 11) is 2.45. The van der Waals surface area contributed by atoms with Crippen molar-refractivity contribution in [2.24, 2.45) is 0 Å². The smallest absolute Gasteiger partial charge is 0.0784 e. The third kappa shape index (κ3) is 13.4. The predicted octanol–water partition coefficient (Wildman–Crippen LogP) is 2.40. The number of nitrogens with zero attached hydrogens (tertiary/aromatic N) is 1. The molecule has 0 spiro atoms. The maximum atomic E-state index is 2.45. The molecule has 0 N–H and O–H groups in total. The highest BCUT2D eigenvalue weighted by Crippen LogP contribution is 2.12. The molecule has 0 radical (unpaired) electrons. The van der Waals surface area contributed by atoms with Crippen LogP contribution in [0.2, 0.25) is 0 Å². The summed E-state index contributed by atoms with van der Waals surface area (Å²) in [5.41, 5.74) is 0. The Kier molecular flexibility index (Phi) is 17.5. The van der Waals surface area contributed by atoms with Crippen molar-refractivity contribution in [2.75, 3.05) is 26.7 Å². The third-order valence-electron chi connectivity index (χ3n) is 4.08. The van der Waals surface area contributed by atoms with Crippen molar-refractivity contribution in [1.82, 2.24) is 0 Å². The summed E-state index contributed by atoms with van der Waals surface area (Å²) in [6, 6.07) is 0. The molecule has 0 atom stereocenters. The molecular formula is C17H38IN. The molecule has 0 aromatic heterocycles. The van der Waals surface area contributed by atoms with Crippen LogP contribution in [0.5, 0.6) is 0 Å². The van der Waals surface area contributed by atoms with E-state index < -0.39 is 0 Å². The Morgan fingerprint density at radius 1 is 0.526 bits per heavy atom. The van der Waals surface area contributed by atoms with Crippen LogP contribution in [-0.2, 0) is 0 Å². The second-order valence-corrected chi connectivity index (χ2v) is 6.27. The normalized spacial score (nSPS) is 11.4. The highest BCUT2D eigenvalue weighted by Gasteiger charge is 2.18. The van der Waals surface area contributed by atoms with Gasteiger partial charge in [0.05, 0.1) is 26.7 Å². The summed E-state index contributed by atoms with van der Waals surface area (Å²) in [5.74, 6) is 0. The number of quaternary nitrogens is 1. The van der Waals surface area contributed by atoms with E-state index in [9.17, 15) is 0 Å². The van der Waals surface area contributed by atoms with Crippen molar-refractivity contribution >= 4 is 0 Å². The van der Waals surface area contributed by atoms with E-state index in [1.807, 2.05) is 0 Å². The Morgan fingerprint density at radius 3 is 1.37 bits per heavy atom. The fraction of sp³-hybridized carbons (Fsp3) is 1.00. The van der Waals surface area contributed by atoms with Crippen molar-refractivity contribution in [1.29, 1.82) is 0 Å². The van der Waals surface area contributed by atoms with Crippen molar-refractivity contribution in [2.45, 2.75) is 85.0 Å². The van der Waals surface area contributed by atoms with Crippen LogP contribution in [-0.4, -0.2) is 31.2 Å². The number of rotatable bonds is 13. The molecule has 0 aromatic carbocycles. The summed E-state index contributed by atoms with van der Waals surface area (Å²) in [6.45, 7) is 11.1. The molecule has 0 aliphatic heterocycles. The zero-order valence-corrected chi connectivity index (χ0v) is 16.2. The average Bonchev–Trinajstić information content (AvgIpc) is 2.33. The van der Waals surface area contributed by atoms with E-state index in [1.54, 1.807) is 0 Å². The van der Waals surface area contributed by atoms with E-state index in [4.69, 9.17) is 0 Å². The summed E-state index contributed by atoms with van der Waals surface area (Å²) < 4.78 is 1.31. The fourth-order valence-corrected chi connectivity index (χ4v) is 3.04. The first-order chi connectivity index (χ1) is 8.68. The van der Waals surface area contributed by atoms with Crippen LogP contribution in [0.25, 0.3) is 0 Å². The molecule has 0 heterocycles. The van der Waals surface area contributed by atoms with Gasteiger partial charge in [-0.3, -0.25) is 0 Å². The van der Waals surface area contributed by atoms with Crippen LogP contribution in [0.1, 0.15) is 85.0 Å². The minimum absolute atomic E-state index is 0. The largest absolute Gasteiger partial charge is 1.00 e. The maximum Gasteiger partial charge on any atom is 0.0784 e. The van der Waals surface area contributed by atoms with Gasteiger partial charge in [0.2, 0.25) is 0 Å². The zero-order valence-electron chi connectivity index (χ0n) is 14.0. The fourth-order valence-electron chi connectivity index (χ4n) is 3.04. The second-order valence-electron chi connectivity index (χ2n) is 6.27. The first-order valence-corrected chi connectivity index (χ1v) is 8.52. The first-order valence-electron chi connectivity index (χ1n) is 8.52. The Hall–Kier alpha value is 0.690. The van der Waals surface area contributed by atoms with Gasteiger partial charge in [-0.15, -0.1) is 0 Å². The van der Waals surface area contributed by atoms with E-state index in [2.05, 4.69) is 27.8 Å². The summed E-state index contributed by atoms with van der Waals surface area (Å²) in [6.07, 6.45) is 14.2. The molecule has 19 heavy (non-hydrogen) atoms. The van der Waals surface area contributed by atoms with Gasteiger partial charge < -0.3 is 28.5 Å². The highest BCUT2D eigenvalue weighted by molar-refractivity contribution is 4.47. The molecular weight excluding hydrogens is 345 g/mol. The molecule has 0 saturated heterocycles. The molecule has 0 bridgehead atoms. The number of unbranched alkanes of at least 4 members (excludes halogenated alkanes) is 7. The van der Waals surface area contributed by atoms with Gasteiger partial charge in [0.1, 0.15) is 0 Å². The van der Waals surface area contributed by atoms with Crippen LogP contribution in [0.3, 0.4) is 0 Å². The SMILES string of the molecule is CCCCCCCCCC[N+](C)(CCC)CCC.[I-]. The van der Waals surface area contributed by atoms with Crippen molar-refractivity contribution in [3.8, 4) is 0 Å². The molecule has 2 heteroatoms. The first kappa shape index (κ1) is 22.0. The Bertz CT molecular complexity index is 165. The van der Waals surface area contributed by atoms with E-state index in [1.165, 1.54) is 88.3 Å². The van der Waals surface area contributed by atoms with Crippen LogP contribution >= 0.6 is 0 Å². The van der Waals surface area contributed by atoms with Crippen molar-refractivity contribution in [3.05, 3.63) is 0 Å². The maximum absolute atomic E-state index is 2.45. The van der Waals surface area contributed by atoms with E-state index in [0.717, 1.165) is 0 Å². The van der Waals surface area contributed by atoms with Gasteiger partial charge in [-0.2, -0.15) is 0 Å². The quantitative estimate of drug-likeness (QED) is 0.260. The van der Waals surface area contributed by atoms with E-state index in [-0.39, 0.29) is 24.0 Å². The second kappa shape index (κ2) is 15.1. The molecule has 0 aliphatic rings. The molecule has 0 unspecified atom stereocenters. The Labute approximate surface area is 140 Å². The minimum Gasteiger partial charge on any atom is -1.00 e. The Morgan fingerprint density at radius 2 is 0.947 bits per heavy atom. The lowest BCUT2D eigenvalue weighted by atomic mass is 10.1. The summed E-state index contributed by atoms with van der Waals surface area (Å²) >= 11 is 0. The molecule has 0 aromatic rings. The van der Waals surface area contributed by atoms with Crippen LogP contribution in [0.4, 0.5) is 0 Å². The summed E-state index contributed by atoms with van der Waals surface area (Å²) in [5, 5.41) is 0. The molecule has 0 amide bonds. The zero-order chi connectivity index (χ0) is 13.7. The van der Waals surface area contributed by atoms with E-state index >= 15 is 0 Å². The van der Waals surface area contributed by atoms with Crippen LogP contribution in [0, 0.1) is 0 Å². The average molecular weight is 383 g/mol. The topological polar surface area (TPSA) is 0 Å². The lowest BCUT2D eigenvalue weighted by molar-refractivity contribution is -0.909. The molecule has 118 valence electrons. The highest BCUT2D eigenvalue weighted by atomic mass is 127. The minimum atomic E-state index is 0. The number of hydrogen-bond acceptors (Lipinski definition) is 0. The van der Waals surface area contributed by atoms with Gasteiger partial charge >= 0.3 is 0 Å². The van der Waals surface area contributed by atoms with Gasteiger partial charge in [0, 0.05) is 0 Å². The van der Waals surface area contributed by atoms with Gasteiger partial charge in [-0.1, -0.05) is 59.3 Å². The lowest BCUT2D eigenvalue weighted by Crippen LogP contribution is -3.00. The number of hydrogen-bond donors (Lipinski definition) is 0. The standard InChI is InChI=1S/C17H38N.HI/c1-5-8-9-10-11-12-13-14-17-18(4,15-6-2)16-7-3;/h5-17H2,1-4H3;1H/q+1;/p-1. The number of halogens is 1. The van der Waals surface area contributed by atoms with Gasteiger partial charge in [-0.25, -0.2) is 0 Å². The van der Waals surface area contributed by atoms with Gasteiger partial charge in [0.25, 0.3) is 0 Å². The van der Waals surface area contributed by atoms with Gasteiger partial charge in [0.15, 0.2) is 0 Å². The molecule has 0 fully saturated rings. The molecule has 1 nitrogen and oxygen atoms in total. The van der Waals surface area contributed by atoms with Crippen molar-refractivity contribution < 1.29 is 28.5 Å². The van der Waals surface area contributed by atoms with Crippen LogP contribution in [0.15, 0.2) is 0 Å². The monoisotopic (exact) mass is 383 g/mol. The van der Waals surface area contributed by atoms with Crippen molar-refractivity contribution in [3.63, 3.8) is 0 Å². The summed E-state index contributed by atoms with van der Waals surface area (Å²) in [4.78, 5) is 0. The van der Waals surface area contributed by atoms with E-state index in [0.29, 0.717) is 0 Å².